The molecule has 2 aromatic rings. The Kier molecular flexibility index (Phi) is 5.59. The van der Waals surface area contributed by atoms with Crippen molar-refractivity contribution in [1.82, 2.24) is 9.80 Å². The second-order valence-electron chi connectivity index (χ2n) is 5.80. The van der Waals surface area contributed by atoms with Gasteiger partial charge in [-0.2, -0.15) is 0 Å². The molecule has 0 radical (unpaired) electrons. The number of benzene rings is 2. The lowest BCUT2D eigenvalue weighted by atomic mass is 9.91. The molecule has 22 heavy (non-hydrogen) atoms. The van der Waals surface area contributed by atoms with Gasteiger partial charge >= 0.3 is 0 Å². The quantitative estimate of drug-likeness (QED) is 0.636. The molecule has 0 aliphatic rings. The number of guanidine groups is 1. The van der Waals surface area contributed by atoms with Crippen molar-refractivity contribution in [3.05, 3.63) is 71.8 Å². The smallest absolute Gasteiger partial charge is 0.195 e. The number of hydrogen-bond donors (Lipinski definition) is 0. The van der Waals surface area contributed by atoms with E-state index in [9.17, 15) is 0 Å². The van der Waals surface area contributed by atoms with Gasteiger partial charge in [0.2, 0.25) is 0 Å². The largest absolute Gasteiger partial charge is 0.349 e. The van der Waals surface area contributed by atoms with Gasteiger partial charge in [-0.15, -0.1) is 0 Å². The molecule has 0 aliphatic heterocycles. The number of hydrogen-bond acceptors (Lipinski definition) is 1. The summed E-state index contributed by atoms with van der Waals surface area (Å²) in [6.45, 7) is 0.736. The molecular formula is C19H25N3. The van der Waals surface area contributed by atoms with Gasteiger partial charge < -0.3 is 9.80 Å². The highest BCUT2D eigenvalue weighted by Crippen LogP contribution is 2.24. The highest BCUT2D eigenvalue weighted by atomic mass is 15.3. The summed E-state index contributed by atoms with van der Waals surface area (Å²) in [5.74, 6) is 1.26. The fraction of sp³-hybridized carbons (Fsp3) is 0.316. The van der Waals surface area contributed by atoms with Gasteiger partial charge in [-0.05, 0) is 11.1 Å². The first-order chi connectivity index (χ1) is 10.6. The fourth-order valence-corrected chi connectivity index (χ4v) is 2.63. The monoisotopic (exact) mass is 295 g/mol. The Balaban J connectivity index is 2.32. The minimum absolute atomic E-state index is 0.275. The Morgan fingerprint density at radius 2 is 1.18 bits per heavy atom. The summed E-state index contributed by atoms with van der Waals surface area (Å²) in [6.07, 6.45) is 0. The van der Waals surface area contributed by atoms with Gasteiger partial charge in [0.15, 0.2) is 5.96 Å². The van der Waals surface area contributed by atoms with E-state index < -0.39 is 0 Å². The molecular weight excluding hydrogens is 270 g/mol. The Morgan fingerprint density at radius 3 is 1.55 bits per heavy atom. The van der Waals surface area contributed by atoms with Gasteiger partial charge in [0, 0.05) is 34.1 Å². The van der Waals surface area contributed by atoms with Gasteiger partial charge in [-0.1, -0.05) is 60.7 Å². The summed E-state index contributed by atoms with van der Waals surface area (Å²) in [5.41, 5.74) is 2.60. The number of nitrogens with zero attached hydrogens (tertiary/aromatic N) is 3. The molecule has 0 amide bonds. The van der Waals surface area contributed by atoms with Crippen molar-refractivity contribution in [1.29, 1.82) is 0 Å². The summed E-state index contributed by atoms with van der Waals surface area (Å²) in [4.78, 5) is 8.94. The first-order valence-corrected chi connectivity index (χ1v) is 7.58. The average Bonchev–Trinajstić information content (AvgIpc) is 2.52. The molecule has 0 aliphatic carbocycles. The second kappa shape index (κ2) is 7.64. The minimum atomic E-state index is 0.275. The maximum Gasteiger partial charge on any atom is 0.195 e. The fourth-order valence-electron chi connectivity index (χ4n) is 2.63. The van der Waals surface area contributed by atoms with Crippen molar-refractivity contribution >= 4 is 5.96 Å². The SMILES string of the molecule is CN(C)C(=NCC(c1ccccc1)c1ccccc1)N(C)C. The molecule has 0 spiro atoms. The molecule has 0 saturated heterocycles. The van der Waals surface area contributed by atoms with Crippen LogP contribution < -0.4 is 0 Å². The van der Waals surface area contributed by atoms with E-state index >= 15 is 0 Å². The minimum Gasteiger partial charge on any atom is -0.349 e. The molecule has 0 unspecified atom stereocenters. The highest BCUT2D eigenvalue weighted by molar-refractivity contribution is 5.79. The zero-order valence-electron chi connectivity index (χ0n) is 13.9. The van der Waals surface area contributed by atoms with Crippen LogP contribution in [0.5, 0.6) is 0 Å². The van der Waals surface area contributed by atoms with Crippen LogP contribution in [0.2, 0.25) is 0 Å². The molecule has 116 valence electrons. The highest BCUT2D eigenvalue weighted by Gasteiger charge is 2.14. The van der Waals surface area contributed by atoms with Crippen LogP contribution in [0.25, 0.3) is 0 Å². The van der Waals surface area contributed by atoms with Gasteiger partial charge in [0.1, 0.15) is 0 Å². The van der Waals surface area contributed by atoms with E-state index in [2.05, 4.69) is 60.7 Å². The Labute approximate surface area is 133 Å². The van der Waals surface area contributed by atoms with E-state index in [1.165, 1.54) is 11.1 Å². The van der Waals surface area contributed by atoms with Crippen LogP contribution in [0.3, 0.4) is 0 Å². The lowest BCUT2D eigenvalue weighted by Gasteiger charge is -2.24. The standard InChI is InChI=1S/C19H25N3/c1-21(2)19(22(3)4)20-15-18(16-11-7-5-8-12-16)17-13-9-6-10-14-17/h5-14,18H,15H2,1-4H3. The molecule has 0 saturated carbocycles. The Bertz CT molecular complexity index is 539. The predicted molar refractivity (Wildman–Crippen MR) is 94.4 cm³/mol. The predicted octanol–water partition coefficient (Wildman–Crippen LogP) is 3.30. The van der Waals surface area contributed by atoms with Gasteiger partial charge in [-0.25, -0.2) is 0 Å². The van der Waals surface area contributed by atoms with Crippen molar-refractivity contribution in [2.75, 3.05) is 34.7 Å². The summed E-state index contributed by atoms with van der Waals surface area (Å²) in [5, 5.41) is 0. The van der Waals surface area contributed by atoms with Gasteiger partial charge in [-0.3, -0.25) is 4.99 Å². The summed E-state index contributed by atoms with van der Waals surface area (Å²) >= 11 is 0. The van der Waals surface area contributed by atoms with Crippen LogP contribution in [0, 0.1) is 0 Å². The normalized spacial score (nSPS) is 10.4. The molecule has 2 rings (SSSR count). The second-order valence-corrected chi connectivity index (χ2v) is 5.80. The third-order valence-electron chi connectivity index (χ3n) is 3.62. The van der Waals surface area contributed by atoms with Gasteiger partial charge in [0.25, 0.3) is 0 Å². The molecule has 3 heteroatoms. The molecule has 0 fully saturated rings. The lowest BCUT2D eigenvalue weighted by molar-refractivity contribution is 0.478. The zero-order valence-corrected chi connectivity index (χ0v) is 13.9. The summed E-state index contributed by atoms with van der Waals surface area (Å²) in [6, 6.07) is 21.2. The third-order valence-corrected chi connectivity index (χ3v) is 3.62. The zero-order chi connectivity index (χ0) is 15.9. The van der Waals surface area contributed by atoms with Crippen LogP contribution in [0.4, 0.5) is 0 Å². The van der Waals surface area contributed by atoms with E-state index in [1.807, 2.05) is 38.0 Å². The van der Waals surface area contributed by atoms with Crippen LogP contribution in [0.15, 0.2) is 65.7 Å². The molecule has 0 atom stereocenters. The maximum atomic E-state index is 4.84. The first-order valence-electron chi connectivity index (χ1n) is 7.58. The molecule has 0 heterocycles. The molecule has 3 nitrogen and oxygen atoms in total. The van der Waals surface area contributed by atoms with E-state index in [1.54, 1.807) is 0 Å². The topological polar surface area (TPSA) is 18.8 Å². The first kappa shape index (κ1) is 16.1. The van der Waals surface area contributed by atoms with Crippen molar-refractivity contribution in [3.8, 4) is 0 Å². The molecule has 0 aromatic heterocycles. The lowest BCUT2D eigenvalue weighted by Crippen LogP contribution is -2.35. The number of aliphatic imine (C=N–C) groups is 1. The summed E-state index contributed by atoms with van der Waals surface area (Å²) in [7, 11) is 8.11. The van der Waals surface area contributed by atoms with Crippen molar-refractivity contribution < 1.29 is 0 Å². The van der Waals surface area contributed by atoms with Crippen molar-refractivity contribution in [2.45, 2.75) is 5.92 Å². The molecule has 0 N–H and O–H groups in total. The molecule has 2 aromatic carbocycles. The number of rotatable bonds is 4. The van der Waals surface area contributed by atoms with E-state index in [0.717, 1.165) is 12.5 Å². The van der Waals surface area contributed by atoms with Crippen molar-refractivity contribution in [2.24, 2.45) is 4.99 Å². The Hall–Kier alpha value is -2.29. The summed E-state index contributed by atoms with van der Waals surface area (Å²) < 4.78 is 0. The molecule has 0 bridgehead atoms. The van der Waals surface area contributed by atoms with Crippen LogP contribution in [-0.4, -0.2) is 50.5 Å². The van der Waals surface area contributed by atoms with Gasteiger partial charge in [0.05, 0.1) is 6.54 Å². The van der Waals surface area contributed by atoms with Crippen LogP contribution in [0.1, 0.15) is 17.0 Å². The third kappa shape index (κ3) is 4.10. The van der Waals surface area contributed by atoms with E-state index in [4.69, 9.17) is 4.99 Å². The van der Waals surface area contributed by atoms with Crippen LogP contribution >= 0.6 is 0 Å². The average molecular weight is 295 g/mol. The van der Waals surface area contributed by atoms with Crippen LogP contribution in [-0.2, 0) is 0 Å². The Morgan fingerprint density at radius 1 is 0.773 bits per heavy atom. The van der Waals surface area contributed by atoms with Crippen molar-refractivity contribution in [3.63, 3.8) is 0 Å². The van der Waals surface area contributed by atoms with E-state index in [0.29, 0.717) is 0 Å². The van der Waals surface area contributed by atoms with E-state index in [-0.39, 0.29) is 5.92 Å². The maximum absolute atomic E-state index is 4.84.